The minimum Gasteiger partial charge on any atom is -0.497 e. The van der Waals surface area contributed by atoms with Crippen molar-refractivity contribution >= 4 is 11.7 Å². The molecule has 9 nitrogen and oxygen atoms in total. The predicted molar refractivity (Wildman–Crippen MR) is 154 cm³/mol. The van der Waals surface area contributed by atoms with Gasteiger partial charge in [0.15, 0.2) is 11.5 Å². The normalized spacial score (nSPS) is 15.2. The molecule has 2 aromatic heterocycles. The SMILES string of the molecule is CCc1nn(-c2ccccc2)c2c1CN(C(=O)Nc1ccc3c(c1)OCO3)[C@@H](c1ccc(OC)cc1)c1cccn1-2. The van der Waals surface area contributed by atoms with Crippen LogP contribution in [0, 0.1) is 0 Å². The minimum atomic E-state index is -0.383. The molecule has 2 aliphatic heterocycles. The molecular formula is C32H29N5O4. The summed E-state index contributed by atoms with van der Waals surface area (Å²) in [5.74, 6) is 2.96. The quantitative estimate of drug-likeness (QED) is 0.288. The number of methoxy groups -OCH3 is 1. The Balaban J connectivity index is 1.38. The fourth-order valence-corrected chi connectivity index (χ4v) is 5.65. The summed E-state index contributed by atoms with van der Waals surface area (Å²) in [4.78, 5) is 16.1. The third kappa shape index (κ3) is 4.26. The summed E-state index contributed by atoms with van der Waals surface area (Å²) in [5.41, 5.74) is 5.46. The van der Waals surface area contributed by atoms with Gasteiger partial charge in [-0.05, 0) is 60.5 Å². The number of rotatable bonds is 5. The first kappa shape index (κ1) is 24.8. The van der Waals surface area contributed by atoms with Crippen LogP contribution in [0.25, 0.3) is 11.5 Å². The number of anilines is 1. The van der Waals surface area contributed by atoms with Crippen LogP contribution in [0.5, 0.6) is 17.2 Å². The lowest BCUT2D eigenvalue weighted by Crippen LogP contribution is -2.38. The Kier molecular flexibility index (Phi) is 6.11. The fourth-order valence-electron chi connectivity index (χ4n) is 5.65. The van der Waals surface area contributed by atoms with Crippen molar-refractivity contribution in [3.8, 4) is 28.8 Å². The first-order chi connectivity index (χ1) is 20.1. The average Bonchev–Trinajstić information content (AvgIpc) is 3.74. The average molecular weight is 548 g/mol. The van der Waals surface area contributed by atoms with E-state index < -0.39 is 0 Å². The van der Waals surface area contributed by atoms with E-state index in [1.165, 1.54) is 0 Å². The van der Waals surface area contributed by atoms with Gasteiger partial charge in [0.05, 0.1) is 36.8 Å². The number of nitrogens with one attached hydrogen (secondary N) is 1. The summed E-state index contributed by atoms with van der Waals surface area (Å²) in [6.45, 7) is 2.63. The van der Waals surface area contributed by atoms with Crippen molar-refractivity contribution in [2.24, 2.45) is 0 Å². The lowest BCUT2D eigenvalue weighted by atomic mass is 10.0. The molecule has 1 N–H and O–H groups in total. The first-order valence-electron chi connectivity index (χ1n) is 13.6. The molecular weight excluding hydrogens is 518 g/mol. The Morgan fingerprint density at radius 2 is 1.80 bits per heavy atom. The monoisotopic (exact) mass is 547 g/mol. The van der Waals surface area contributed by atoms with Gasteiger partial charge in [-0.2, -0.15) is 5.10 Å². The van der Waals surface area contributed by atoms with Gasteiger partial charge in [0, 0.05) is 23.5 Å². The van der Waals surface area contributed by atoms with E-state index in [9.17, 15) is 4.79 Å². The summed E-state index contributed by atoms with van der Waals surface area (Å²) in [6, 6.07) is 26.9. The Morgan fingerprint density at radius 1 is 1.00 bits per heavy atom. The third-order valence-electron chi connectivity index (χ3n) is 7.62. The summed E-state index contributed by atoms with van der Waals surface area (Å²) in [5, 5.41) is 8.14. The van der Waals surface area contributed by atoms with Gasteiger partial charge in [0.2, 0.25) is 6.79 Å². The van der Waals surface area contributed by atoms with Crippen LogP contribution in [0.15, 0.2) is 91.1 Å². The Hall–Kier alpha value is -5.18. The van der Waals surface area contributed by atoms with Crippen LogP contribution in [0.3, 0.4) is 0 Å². The molecule has 1 atom stereocenters. The Morgan fingerprint density at radius 3 is 2.59 bits per heavy atom. The van der Waals surface area contributed by atoms with Crippen molar-refractivity contribution in [1.29, 1.82) is 0 Å². The molecule has 0 aliphatic carbocycles. The van der Waals surface area contributed by atoms with Crippen molar-refractivity contribution in [2.45, 2.75) is 25.9 Å². The molecule has 2 aliphatic rings. The van der Waals surface area contributed by atoms with E-state index in [-0.39, 0.29) is 18.9 Å². The topological polar surface area (TPSA) is 82.8 Å². The first-order valence-corrected chi connectivity index (χ1v) is 13.6. The number of carbonyl (C=O) groups excluding carboxylic acids is 1. The number of fused-ring (bicyclic) bond motifs is 4. The zero-order valence-corrected chi connectivity index (χ0v) is 22.8. The van der Waals surface area contributed by atoms with Gasteiger partial charge >= 0.3 is 6.03 Å². The molecule has 0 bridgehead atoms. The maximum atomic E-state index is 14.2. The van der Waals surface area contributed by atoms with Gasteiger partial charge in [0.25, 0.3) is 0 Å². The second kappa shape index (κ2) is 10.1. The smallest absolute Gasteiger partial charge is 0.322 e. The zero-order chi connectivity index (χ0) is 27.9. The molecule has 0 unspecified atom stereocenters. The summed E-state index contributed by atoms with van der Waals surface area (Å²) in [6.07, 6.45) is 2.77. The van der Waals surface area contributed by atoms with Crippen LogP contribution in [0.2, 0.25) is 0 Å². The van der Waals surface area contributed by atoms with Crippen LogP contribution in [0.4, 0.5) is 10.5 Å². The molecule has 0 saturated carbocycles. The summed E-state index contributed by atoms with van der Waals surface area (Å²) in [7, 11) is 1.65. The highest BCUT2D eigenvalue weighted by atomic mass is 16.7. The van der Waals surface area contributed by atoms with Crippen molar-refractivity contribution in [1.82, 2.24) is 19.2 Å². The number of para-hydroxylation sites is 1. The van der Waals surface area contributed by atoms with Gasteiger partial charge in [-0.15, -0.1) is 0 Å². The molecule has 0 fully saturated rings. The molecule has 0 spiro atoms. The van der Waals surface area contributed by atoms with E-state index in [4.69, 9.17) is 19.3 Å². The molecule has 0 radical (unpaired) electrons. The largest absolute Gasteiger partial charge is 0.497 e. The zero-order valence-electron chi connectivity index (χ0n) is 22.8. The maximum absolute atomic E-state index is 14.2. The number of ether oxygens (including phenoxy) is 3. The Bertz CT molecular complexity index is 1730. The van der Waals surface area contributed by atoms with Crippen LogP contribution in [-0.2, 0) is 13.0 Å². The van der Waals surface area contributed by atoms with Gasteiger partial charge in [-0.1, -0.05) is 37.3 Å². The number of carbonyl (C=O) groups is 1. The second-order valence-electron chi connectivity index (χ2n) is 9.95. The van der Waals surface area contributed by atoms with Crippen molar-refractivity contribution < 1.29 is 19.0 Å². The number of nitrogens with zero attached hydrogens (tertiary/aromatic N) is 4. The highest BCUT2D eigenvalue weighted by Crippen LogP contribution is 2.40. The van der Waals surface area contributed by atoms with Crippen LogP contribution in [0.1, 0.15) is 35.5 Å². The number of aromatic nitrogens is 3. The number of aryl methyl sites for hydroxylation is 1. The lowest BCUT2D eigenvalue weighted by molar-refractivity contribution is 0.174. The van der Waals surface area contributed by atoms with Crippen molar-refractivity contribution in [2.75, 3.05) is 19.2 Å². The van der Waals surface area contributed by atoms with Crippen molar-refractivity contribution in [3.05, 3.63) is 114 Å². The molecule has 7 rings (SSSR count). The minimum absolute atomic E-state index is 0.170. The predicted octanol–water partition coefficient (Wildman–Crippen LogP) is 6.10. The Labute approximate surface area is 237 Å². The standard InChI is InChI=1S/C32H29N5O4/c1-3-26-25-19-36(32(38)33-22-13-16-28-29(18-22)41-20-40-28)30(21-11-14-24(39-2)15-12-21)27-10-7-17-35(27)31(25)37(34-26)23-8-5-4-6-9-23/h4-18,30H,3,19-20H2,1-2H3,(H,33,38)/t30-/m0/s1. The molecule has 0 saturated heterocycles. The van der Waals surface area contributed by atoms with Gasteiger partial charge < -0.3 is 29.0 Å². The third-order valence-corrected chi connectivity index (χ3v) is 7.62. The van der Waals surface area contributed by atoms with Crippen molar-refractivity contribution in [3.63, 3.8) is 0 Å². The number of benzene rings is 3. The summed E-state index contributed by atoms with van der Waals surface area (Å²) < 4.78 is 20.6. The molecule has 5 aromatic rings. The number of urea groups is 1. The number of hydrogen-bond donors (Lipinski definition) is 1. The fraction of sp³-hybridized carbons (Fsp3) is 0.188. The van der Waals surface area contributed by atoms with E-state index in [2.05, 4.69) is 22.9 Å². The second-order valence-corrected chi connectivity index (χ2v) is 9.95. The molecule has 206 valence electrons. The lowest BCUT2D eigenvalue weighted by Gasteiger charge is -2.31. The van der Waals surface area contributed by atoms with E-state index in [1.807, 2.05) is 88.6 Å². The number of amides is 2. The molecule has 41 heavy (non-hydrogen) atoms. The number of hydrogen-bond acceptors (Lipinski definition) is 5. The molecule has 9 heteroatoms. The van der Waals surface area contributed by atoms with E-state index >= 15 is 0 Å². The van der Waals surface area contributed by atoms with E-state index in [0.29, 0.717) is 23.7 Å². The molecule has 4 heterocycles. The highest BCUT2D eigenvalue weighted by molar-refractivity contribution is 5.90. The maximum Gasteiger partial charge on any atom is 0.322 e. The molecule has 2 amide bonds. The summed E-state index contributed by atoms with van der Waals surface area (Å²) >= 11 is 0. The van der Waals surface area contributed by atoms with Crippen LogP contribution in [-0.4, -0.2) is 39.2 Å². The van der Waals surface area contributed by atoms with Crippen LogP contribution >= 0.6 is 0 Å². The molecule has 3 aromatic carbocycles. The van der Waals surface area contributed by atoms with Gasteiger partial charge in [0.1, 0.15) is 11.6 Å². The van der Waals surface area contributed by atoms with E-state index in [0.717, 1.165) is 46.2 Å². The van der Waals surface area contributed by atoms with Crippen LogP contribution < -0.4 is 19.5 Å². The van der Waals surface area contributed by atoms with Gasteiger partial charge in [-0.3, -0.25) is 0 Å². The van der Waals surface area contributed by atoms with E-state index in [1.54, 1.807) is 13.2 Å². The highest BCUT2D eigenvalue weighted by Gasteiger charge is 2.36. The van der Waals surface area contributed by atoms with Gasteiger partial charge in [-0.25, -0.2) is 9.48 Å².